The van der Waals surface area contributed by atoms with E-state index in [2.05, 4.69) is 35.3 Å². The summed E-state index contributed by atoms with van der Waals surface area (Å²) in [6.45, 7) is 0.718. The van der Waals surface area contributed by atoms with E-state index >= 15 is 0 Å². The summed E-state index contributed by atoms with van der Waals surface area (Å²) >= 11 is 0. The summed E-state index contributed by atoms with van der Waals surface area (Å²) in [5.41, 5.74) is 6.66. The number of aromatic nitrogens is 1. The van der Waals surface area contributed by atoms with Crippen LogP contribution in [0.4, 0.5) is 0 Å². The maximum Gasteiger partial charge on any atom is 0.230 e. The monoisotopic (exact) mass is 344 g/mol. The Balaban J connectivity index is 1.84. The number of H-pyrrole nitrogens is 1. The molecule has 1 atom stereocenters. The molecule has 1 unspecified atom stereocenters. The molecule has 130 valence electrons. The van der Waals surface area contributed by atoms with E-state index < -0.39 is 0 Å². The molecule has 2 aliphatic rings. The minimum absolute atomic E-state index is 0.135. The van der Waals surface area contributed by atoms with Crippen LogP contribution in [0.25, 0.3) is 22.2 Å². The molecule has 0 spiro atoms. The topological polar surface area (TPSA) is 45.3 Å². The number of benzene rings is 2. The van der Waals surface area contributed by atoms with Crippen molar-refractivity contribution < 1.29 is 9.53 Å². The van der Waals surface area contributed by atoms with Crippen molar-refractivity contribution in [1.82, 2.24) is 9.88 Å². The van der Waals surface area contributed by atoms with Gasteiger partial charge in [0, 0.05) is 30.1 Å². The highest BCUT2D eigenvalue weighted by molar-refractivity contribution is 6.06. The van der Waals surface area contributed by atoms with Crippen LogP contribution < -0.4 is 0 Å². The van der Waals surface area contributed by atoms with E-state index in [1.807, 2.05) is 29.2 Å². The molecule has 3 heterocycles. The van der Waals surface area contributed by atoms with E-state index in [1.165, 1.54) is 10.9 Å². The lowest BCUT2D eigenvalue weighted by Gasteiger charge is -2.38. The Morgan fingerprint density at radius 2 is 1.85 bits per heavy atom. The van der Waals surface area contributed by atoms with Gasteiger partial charge < -0.3 is 14.6 Å². The molecule has 2 aliphatic heterocycles. The van der Waals surface area contributed by atoms with Crippen LogP contribution in [-0.4, -0.2) is 35.5 Å². The number of amides is 1. The lowest BCUT2D eigenvalue weighted by atomic mass is 9.87. The van der Waals surface area contributed by atoms with E-state index in [0.29, 0.717) is 6.42 Å². The first-order valence-corrected chi connectivity index (χ1v) is 9.00. The van der Waals surface area contributed by atoms with Crippen molar-refractivity contribution in [2.45, 2.75) is 18.9 Å². The number of fused-ring (bicyclic) bond motifs is 5. The number of hydrogen-bond donors (Lipinski definition) is 1. The fraction of sp³-hybridized carbons (Fsp3) is 0.227. The van der Waals surface area contributed by atoms with Crippen LogP contribution in [0.3, 0.4) is 0 Å². The Morgan fingerprint density at radius 3 is 2.65 bits per heavy atom. The molecule has 2 aromatic carbocycles. The van der Waals surface area contributed by atoms with Crippen molar-refractivity contribution >= 4 is 28.1 Å². The first kappa shape index (κ1) is 15.4. The first-order valence-electron chi connectivity index (χ1n) is 9.00. The lowest BCUT2D eigenvalue weighted by molar-refractivity contribution is -0.130. The molecule has 0 bridgehead atoms. The van der Waals surface area contributed by atoms with Gasteiger partial charge in [0.2, 0.25) is 5.91 Å². The van der Waals surface area contributed by atoms with Crippen molar-refractivity contribution in [1.29, 1.82) is 0 Å². The number of para-hydroxylation sites is 1. The summed E-state index contributed by atoms with van der Waals surface area (Å²) in [7, 11) is 1.69. The molecule has 1 aromatic heterocycles. The van der Waals surface area contributed by atoms with Gasteiger partial charge in [-0.05, 0) is 23.6 Å². The molecule has 1 N–H and O–H groups in total. The van der Waals surface area contributed by atoms with Gasteiger partial charge in [0.1, 0.15) is 0 Å². The number of carbonyl (C=O) groups is 1. The van der Waals surface area contributed by atoms with Crippen LogP contribution in [-0.2, 0) is 16.0 Å². The number of methoxy groups -OCH3 is 1. The van der Waals surface area contributed by atoms with Crippen molar-refractivity contribution in [2.24, 2.45) is 0 Å². The lowest BCUT2D eigenvalue weighted by Crippen LogP contribution is -2.42. The quantitative estimate of drug-likeness (QED) is 0.768. The summed E-state index contributed by atoms with van der Waals surface area (Å²) in [5.74, 6) is 0.135. The number of carbonyl (C=O) groups excluding carboxylic acids is 1. The van der Waals surface area contributed by atoms with Crippen LogP contribution in [0.2, 0.25) is 0 Å². The number of rotatable bonds is 2. The number of hydrogen-bond acceptors (Lipinski definition) is 2. The predicted octanol–water partition coefficient (Wildman–Crippen LogP) is 3.84. The second-order valence-electron chi connectivity index (χ2n) is 6.88. The summed E-state index contributed by atoms with van der Waals surface area (Å²) < 4.78 is 5.75. The maximum absolute atomic E-state index is 12.8. The van der Waals surface area contributed by atoms with Crippen molar-refractivity contribution in [3.63, 3.8) is 0 Å². The van der Waals surface area contributed by atoms with E-state index in [9.17, 15) is 4.79 Å². The van der Waals surface area contributed by atoms with Gasteiger partial charge in [-0.3, -0.25) is 4.79 Å². The van der Waals surface area contributed by atoms with E-state index in [4.69, 9.17) is 4.74 Å². The first-order chi connectivity index (χ1) is 12.8. The van der Waals surface area contributed by atoms with Crippen molar-refractivity contribution in [2.75, 3.05) is 13.7 Å². The van der Waals surface area contributed by atoms with E-state index in [0.717, 1.165) is 41.0 Å². The third-order valence-electron chi connectivity index (χ3n) is 5.51. The van der Waals surface area contributed by atoms with E-state index in [1.54, 1.807) is 7.11 Å². The van der Waals surface area contributed by atoms with Crippen LogP contribution >= 0.6 is 0 Å². The van der Waals surface area contributed by atoms with Gasteiger partial charge in [-0.2, -0.15) is 0 Å². The molecule has 5 rings (SSSR count). The minimum atomic E-state index is -0.228. The zero-order chi connectivity index (χ0) is 17.7. The Bertz CT molecular complexity index is 1030. The Morgan fingerprint density at radius 1 is 1.08 bits per heavy atom. The Labute approximate surface area is 152 Å². The number of nitrogens with one attached hydrogen (secondary N) is 1. The second kappa shape index (κ2) is 5.85. The van der Waals surface area contributed by atoms with Gasteiger partial charge in [-0.25, -0.2) is 0 Å². The molecule has 0 aliphatic carbocycles. The summed E-state index contributed by atoms with van der Waals surface area (Å²) in [6.07, 6.45) is 1.03. The van der Waals surface area contributed by atoms with Gasteiger partial charge in [0.05, 0.1) is 23.9 Å². The van der Waals surface area contributed by atoms with Gasteiger partial charge in [0.25, 0.3) is 0 Å². The van der Waals surface area contributed by atoms with Crippen LogP contribution in [0.1, 0.15) is 23.2 Å². The number of aromatic amines is 1. The smallest absolute Gasteiger partial charge is 0.230 e. The maximum atomic E-state index is 12.8. The average Bonchev–Trinajstić information content (AvgIpc) is 3.07. The minimum Gasteiger partial charge on any atom is -0.376 e. The molecule has 26 heavy (non-hydrogen) atoms. The fourth-order valence-corrected chi connectivity index (χ4v) is 4.33. The van der Waals surface area contributed by atoms with Gasteiger partial charge in [0.15, 0.2) is 0 Å². The normalized spacial score (nSPS) is 19.7. The highest BCUT2D eigenvalue weighted by Crippen LogP contribution is 2.43. The fourth-order valence-electron chi connectivity index (χ4n) is 4.33. The molecule has 4 heteroatoms. The van der Waals surface area contributed by atoms with Gasteiger partial charge in [-0.1, -0.05) is 48.5 Å². The summed E-state index contributed by atoms with van der Waals surface area (Å²) in [6, 6.07) is 18.6. The van der Waals surface area contributed by atoms with Crippen LogP contribution in [0, 0.1) is 0 Å². The molecule has 4 nitrogen and oxygen atoms in total. The zero-order valence-corrected chi connectivity index (χ0v) is 14.7. The third kappa shape index (κ3) is 2.15. The SMILES string of the molecule is COC1CC(=O)N2CCc3c([nH]c4ccccc34)C2=C1c1ccccc1. The van der Waals surface area contributed by atoms with Crippen molar-refractivity contribution in [3.8, 4) is 0 Å². The molecule has 0 fully saturated rings. The molecule has 1 amide bonds. The second-order valence-corrected chi connectivity index (χ2v) is 6.88. The molecular formula is C22H20N2O2. The molecule has 0 saturated heterocycles. The number of ether oxygens (including phenoxy) is 1. The summed E-state index contributed by atoms with van der Waals surface area (Å²) in [4.78, 5) is 18.3. The van der Waals surface area contributed by atoms with E-state index in [-0.39, 0.29) is 12.0 Å². The highest BCUT2D eigenvalue weighted by Gasteiger charge is 2.39. The Kier molecular flexibility index (Phi) is 3.47. The Hall–Kier alpha value is -2.85. The summed E-state index contributed by atoms with van der Waals surface area (Å²) in [5, 5.41) is 1.24. The average molecular weight is 344 g/mol. The predicted molar refractivity (Wildman–Crippen MR) is 102 cm³/mol. The van der Waals surface area contributed by atoms with Gasteiger partial charge in [-0.15, -0.1) is 0 Å². The standard InChI is InChI=1S/C22H20N2O2/c1-26-18-13-19(25)24-12-11-16-15-9-5-6-10-17(15)23-21(16)22(24)20(18)14-7-3-2-4-8-14/h2-10,18,23H,11-13H2,1H3. The van der Waals surface area contributed by atoms with Crippen molar-refractivity contribution in [3.05, 3.63) is 71.4 Å². The van der Waals surface area contributed by atoms with Gasteiger partial charge >= 0.3 is 0 Å². The molecule has 0 saturated carbocycles. The highest BCUT2D eigenvalue weighted by atomic mass is 16.5. The zero-order valence-electron chi connectivity index (χ0n) is 14.7. The largest absolute Gasteiger partial charge is 0.376 e. The molecule has 3 aromatic rings. The van der Waals surface area contributed by atoms with Crippen LogP contribution in [0.5, 0.6) is 0 Å². The van der Waals surface area contributed by atoms with Crippen LogP contribution in [0.15, 0.2) is 54.6 Å². The third-order valence-corrected chi connectivity index (χ3v) is 5.51. The molecule has 0 radical (unpaired) electrons. The number of nitrogens with zero attached hydrogens (tertiary/aromatic N) is 1. The molecular weight excluding hydrogens is 324 g/mol.